The highest BCUT2D eigenvalue weighted by Crippen LogP contribution is 2.63. The first kappa shape index (κ1) is 30.6. The van der Waals surface area contributed by atoms with Gasteiger partial charge in [0.2, 0.25) is 5.95 Å². The van der Waals surface area contributed by atoms with Gasteiger partial charge in [-0.15, -0.1) is 0 Å². The maximum absolute atomic E-state index is 5.36. The molecule has 0 saturated heterocycles. The van der Waals surface area contributed by atoms with Gasteiger partial charge in [-0.05, 0) is 44.8 Å². The first-order valence-corrected chi connectivity index (χ1v) is 19.4. The van der Waals surface area contributed by atoms with Gasteiger partial charge in [-0.3, -0.25) is 4.57 Å². The fraction of sp³-hybridized carbons (Fsp3) is 0.0200. The van der Waals surface area contributed by atoms with E-state index in [1.54, 1.807) is 0 Å². The number of benzene rings is 8. The second kappa shape index (κ2) is 11.6. The minimum Gasteiger partial charge on any atom is -0.276 e. The van der Waals surface area contributed by atoms with Crippen LogP contribution < -0.4 is 0 Å². The summed E-state index contributed by atoms with van der Waals surface area (Å²) in [6.45, 7) is 0. The second-order valence-electron chi connectivity index (χ2n) is 14.3. The third kappa shape index (κ3) is 4.21. The van der Waals surface area contributed by atoms with Crippen LogP contribution >= 0.6 is 11.8 Å². The highest BCUT2D eigenvalue weighted by atomic mass is 32.2. The van der Waals surface area contributed by atoms with E-state index >= 15 is 0 Å². The van der Waals surface area contributed by atoms with Crippen molar-refractivity contribution in [2.75, 3.05) is 0 Å². The predicted molar refractivity (Wildman–Crippen MR) is 224 cm³/mol. The first-order chi connectivity index (χ1) is 27.3. The van der Waals surface area contributed by atoms with Crippen LogP contribution in [0.2, 0.25) is 0 Å². The molecule has 0 bridgehead atoms. The van der Waals surface area contributed by atoms with Crippen LogP contribution in [0.15, 0.2) is 192 Å². The molecule has 2 aliphatic rings. The highest BCUT2D eigenvalue weighted by Gasteiger charge is 2.50. The lowest BCUT2D eigenvalue weighted by atomic mass is 9.67. The molecule has 0 unspecified atom stereocenters. The highest BCUT2D eigenvalue weighted by molar-refractivity contribution is 7.99. The summed E-state index contributed by atoms with van der Waals surface area (Å²) in [6.07, 6.45) is 0. The lowest BCUT2D eigenvalue weighted by Crippen LogP contribution is -2.32. The van der Waals surface area contributed by atoms with E-state index < -0.39 is 5.41 Å². The number of hydrogen-bond donors (Lipinski definition) is 0. The van der Waals surface area contributed by atoms with Gasteiger partial charge in [0.1, 0.15) is 0 Å². The molecular formula is C50H30N4S. The van der Waals surface area contributed by atoms with Crippen molar-refractivity contribution in [2.24, 2.45) is 0 Å². The molecule has 0 N–H and O–H groups in total. The van der Waals surface area contributed by atoms with Crippen molar-refractivity contribution in [1.29, 1.82) is 0 Å². The largest absolute Gasteiger partial charge is 0.276 e. The molecule has 5 heteroatoms. The Kier molecular flexibility index (Phi) is 6.45. The zero-order chi connectivity index (χ0) is 36.1. The molecule has 0 radical (unpaired) electrons. The van der Waals surface area contributed by atoms with E-state index in [9.17, 15) is 0 Å². The van der Waals surface area contributed by atoms with Gasteiger partial charge in [-0.1, -0.05) is 188 Å². The molecule has 0 amide bonds. The molecule has 3 heterocycles. The van der Waals surface area contributed by atoms with Crippen LogP contribution in [0.1, 0.15) is 22.3 Å². The van der Waals surface area contributed by atoms with Crippen molar-refractivity contribution in [3.05, 3.63) is 204 Å². The molecule has 256 valence electrons. The van der Waals surface area contributed by atoms with Crippen molar-refractivity contribution in [3.63, 3.8) is 0 Å². The summed E-state index contributed by atoms with van der Waals surface area (Å²) in [5.74, 6) is 1.87. The maximum atomic E-state index is 5.36. The van der Waals surface area contributed by atoms with E-state index in [2.05, 4.69) is 150 Å². The molecule has 0 saturated carbocycles. The molecule has 10 aromatic rings. The number of aromatic nitrogens is 4. The normalized spacial score (nSPS) is 13.5. The fourth-order valence-corrected chi connectivity index (χ4v) is 10.6. The topological polar surface area (TPSA) is 43.6 Å². The molecule has 0 atom stereocenters. The smallest absolute Gasteiger partial charge is 0.238 e. The van der Waals surface area contributed by atoms with Crippen molar-refractivity contribution in [1.82, 2.24) is 19.5 Å². The summed E-state index contributed by atoms with van der Waals surface area (Å²) in [5, 5.41) is 4.66. The van der Waals surface area contributed by atoms with Crippen molar-refractivity contribution in [2.45, 2.75) is 15.2 Å². The molecule has 8 aromatic carbocycles. The Morgan fingerprint density at radius 2 is 0.945 bits per heavy atom. The van der Waals surface area contributed by atoms with E-state index in [0.717, 1.165) is 27.5 Å². The van der Waals surface area contributed by atoms with Gasteiger partial charge in [0.25, 0.3) is 0 Å². The Morgan fingerprint density at radius 1 is 0.400 bits per heavy atom. The van der Waals surface area contributed by atoms with E-state index in [-0.39, 0.29) is 0 Å². The maximum Gasteiger partial charge on any atom is 0.238 e. The van der Waals surface area contributed by atoms with Crippen molar-refractivity contribution >= 4 is 44.3 Å². The van der Waals surface area contributed by atoms with Crippen LogP contribution in [0, 0.1) is 0 Å². The Bertz CT molecular complexity index is 3080. The van der Waals surface area contributed by atoms with Crippen molar-refractivity contribution < 1.29 is 0 Å². The summed E-state index contributed by atoms with van der Waals surface area (Å²) in [7, 11) is 0. The average molecular weight is 719 g/mol. The van der Waals surface area contributed by atoms with Crippen LogP contribution in [0.25, 0.3) is 72.4 Å². The molecule has 12 rings (SSSR count). The third-order valence-electron chi connectivity index (χ3n) is 11.5. The fourth-order valence-electron chi connectivity index (χ4n) is 9.27. The lowest BCUT2D eigenvalue weighted by molar-refractivity contribution is 0.724. The minimum atomic E-state index is -0.509. The lowest BCUT2D eigenvalue weighted by Gasteiger charge is -2.40. The Hall–Kier alpha value is -6.82. The van der Waals surface area contributed by atoms with Gasteiger partial charge in [-0.2, -0.15) is 9.97 Å². The summed E-state index contributed by atoms with van der Waals surface area (Å²) >= 11 is 1.86. The Morgan fingerprint density at radius 3 is 1.64 bits per heavy atom. The summed E-state index contributed by atoms with van der Waals surface area (Å²) < 4.78 is 2.34. The number of fused-ring (bicyclic) bond motifs is 15. The van der Waals surface area contributed by atoms with Crippen molar-refractivity contribution in [3.8, 4) is 39.9 Å². The van der Waals surface area contributed by atoms with E-state index in [1.165, 1.54) is 59.3 Å². The molecular weight excluding hydrogens is 689 g/mol. The average Bonchev–Trinajstić information content (AvgIpc) is 3.76. The first-order valence-electron chi connectivity index (χ1n) is 18.6. The second-order valence-corrected chi connectivity index (χ2v) is 15.4. The molecule has 1 aliphatic carbocycles. The van der Waals surface area contributed by atoms with Gasteiger partial charge in [0, 0.05) is 37.1 Å². The van der Waals surface area contributed by atoms with Crippen LogP contribution in [0.4, 0.5) is 0 Å². The van der Waals surface area contributed by atoms with Gasteiger partial charge < -0.3 is 0 Å². The molecule has 0 fully saturated rings. The third-order valence-corrected chi connectivity index (χ3v) is 12.7. The molecule has 55 heavy (non-hydrogen) atoms. The standard InChI is InChI=1S/C50H30N4S/c1-3-16-32(17-4-1)47-51-48(33-18-5-2-6-19-33)53-49(52-47)54-44-34-20-8-7-15-31(34)27-28-37(44)38-29-30-42-46(45(38)54)55-43-26-14-13-25-41(43)50(42)39-23-11-9-21-35(39)36-22-10-12-24-40(36)50/h1-30H. The quantitative estimate of drug-likeness (QED) is 0.182. The monoisotopic (exact) mass is 718 g/mol. The van der Waals surface area contributed by atoms with Gasteiger partial charge >= 0.3 is 0 Å². The number of nitrogens with zero attached hydrogens (tertiary/aromatic N) is 4. The summed E-state index contributed by atoms with van der Waals surface area (Å²) in [5.41, 5.74) is 11.4. The summed E-state index contributed by atoms with van der Waals surface area (Å²) in [4.78, 5) is 18.3. The van der Waals surface area contributed by atoms with Gasteiger partial charge in [-0.25, -0.2) is 4.98 Å². The summed E-state index contributed by atoms with van der Waals surface area (Å²) in [6, 6.07) is 65.4. The number of rotatable bonds is 3. The zero-order valence-electron chi connectivity index (χ0n) is 29.5. The van der Waals surface area contributed by atoms with Crippen LogP contribution in [0.5, 0.6) is 0 Å². The van der Waals surface area contributed by atoms with E-state index in [0.29, 0.717) is 17.6 Å². The van der Waals surface area contributed by atoms with Gasteiger partial charge in [0.15, 0.2) is 11.6 Å². The zero-order valence-corrected chi connectivity index (χ0v) is 30.3. The SMILES string of the molecule is c1ccc(-c2nc(-c3ccccc3)nc(-n3c4c5c(ccc4c4ccc6ccccc6c43)C3(c4ccccc4S5)c4ccccc4-c4ccccc43)n2)cc1. The van der Waals surface area contributed by atoms with E-state index in [4.69, 9.17) is 15.0 Å². The molecule has 1 spiro atoms. The van der Waals surface area contributed by atoms with Crippen LogP contribution in [-0.4, -0.2) is 19.5 Å². The molecule has 4 nitrogen and oxygen atoms in total. The van der Waals surface area contributed by atoms with Crippen LogP contribution in [-0.2, 0) is 5.41 Å². The number of hydrogen-bond acceptors (Lipinski definition) is 4. The van der Waals surface area contributed by atoms with Crippen LogP contribution in [0.3, 0.4) is 0 Å². The van der Waals surface area contributed by atoms with Gasteiger partial charge in [0.05, 0.1) is 16.4 Å². The molecule has 2 aromatic heterocycles. The Labute approximate surface area is 321 Å². The Balaban J connectivity index is 1.27. The minimum absolute atomic E-state index is 0.509. The van der Waals surface area contributed by atoms with E-state index in [1.807, 2.05) is 48.2 Å². The predicted octanol–water partition coefficient (Wildman–Crippen LogP) is 12.3. The molecule has 1 aliphatic heterocycles.